The van der Waals surface area contributed by atoms with Gasteiger partial charge >= 0.3 is 0 Å². The number of halogens is 1. The van der Waals surface area contributed by atoms with E-state index in [1.165, 1.54) is 17.0 Å². The van der Waals surface area contributed by atoms with E-state index in [1.54, 1.807) is 36.4 Å². The third kappa shape index (κ3) is 7.83. The summed E-state index contributed by atoms with van der Waals surface area (Å²) in [5.74, 6) is -0.758. The van der Waals surface area contributed by atoms with E-state index in [2.05, 4.69) is 5.32 Å². The van der Waals surface area contributed by atoms with Crippen molar-refractivity contribution in [1.29, 1.82) is 0 Å². The molecule has 2 atom stereocenters. The summed E-state index contributed by atoms with van der Waals surface area (Å²) >= 11 is 6.07. The molecule has 208 valence electrons. The second-order valence-electron chi connectivity index (χ2n) is 9.55. The number of carbonyl (C=O) groups excluding carboxylic acids is 2. The smallest absolute Gasteiger partial charge is 0.264 e. The first kappa shape index (κ1) is 30.2. The normalized spacial score (nSPS) is 12.8. The van der Waals surface area contributed by atoms with Crippen LogP contribution < -0.4 is 9.62 Å². The lowest BCUT2D eigenvalue weighted by Gasteiger charge is -2.33. The Bertz CT molecular complexity index is 1350. The van der Waals surface area contributed by atoms with Crippen LogP contribution in [0.5, 0.6) is 0 Å². The van der Waals surface area contributed by atoms with Gasteiger partial charge in [-0.05, 0) is 68.7 Å². The number of nitrogens with zero attached hydrogens (tertiary/aromatic N) is 2. The highest BCUT2D eigenvalue weighted by atomic mass is 35.5. The highest BCUT2D eigenvalue weighted by molar-refractivity contribution is 7.92. The SMILES string of the molecule is CC[C@@H](C)NC(=O)[C@@H](CC)N(Cc1ccccc1)C(=O)CN(c1ccc(Cl)cc1)S(=O)(=O)c1ccc(C)cc1. The van der Waals surface area contributed by atoms with Crippen molar-refractivity contribution in [2.24, 2.45) is 0 Å². The molecule has 0 spiro atoms. The zero-order chi connectivity index (χ0) is 28.6. The minimum absolute atomic E-state index is 0.0621. The first-order valence-corrected chi connectivity index (χ1v) is 14.9. The van der Waals surface area contributed by atoms with Crippen LogP contribution in [-0.2, 0) is 26.2 Å². The molecule has 0 aliphatic carbocycles. The van der Waals surface area contributed by atoms with Crippen LogP contribution in [0.3, 0.4) is 0 Å². The average molecular weight is 570 g/mol. The molecule has 0 heterocycles. The van der Waals surface area contributed by atoms with Gasteiger partial charge in [0, 0.05) is 17.6 Å². The van der Waals surface area contributed by atoms with E-state index < -0.39 is 28.5 Å². The molecule has 2 amide bonds. The van der Waals surface area contributed by atoms with E-state index in [-0.39, 0.29) is 23.4 Å². The largest absolute Gasteiger partial charge is 0.352 e. The summed E-state index contributed by atoms with van der Waals surface area (Å²) in [5, 5.41) is 3.42. The van der Waals surface area contributed by atoms with E-state index in [4.69, 9.17) is 11.6 Å². The fraction of sp³-hybridized carbons (Fsp3) is 0.333. The van der Waals surface area contributed by atoms with E-state index in [0.29, 0.717) is 17.1 Å². The lowest BCUT2D eigenvalue weighted by molar-refractivity contribution is -0.140. The highest BCUT2D eigenvalue weighted by Gasteiger charge is 2.34. The van der Waals surface area contributed by atoms with Gasteiger partial charge in [0.2, 0.25) is 11.8 Å². The number of carbonyl (C=O) groups is 2. The van der Waals surface area contributed by atoms with E-state index in [0.717, 1.165) is 21.9 Å². The Morgan fingerprint density at radius 3 is 2.08 bits per heavy atom. The fourth-order valence-electron chi connectivity index (χ4n) is 4.11. The number of aryl methyl sites for hydroxylation is 1. The van der Waals surface area contributed by atoms with Crippen molar-refractivity contribution in [3.05, 3.63) is 95.0 Å². The van der Waals surface area contributed by atoms with Crippen LogP contribution in [0.4, 0.5) is 5.69 Å². The molecule has 9 heteroatoms. The molecule has 1 N–H and O–H groups in total. The monoisotopic (exact) mass is 569 g/mol. The van der Waals surface area contributed by atoms with Gasteiger partial charge in [-0.1, -0.05) is 73.5 Å². The van der Waals surface area contributed by atoms with Crippen molar-refractivity contribution < 1.29 is 18.0 Å². The lowest BCUT2D eigenvalue weighted by atomic mass is 10.1. The summed E-state index contributed by atoms with van der Waals surface area (Å²) < 4.78 is 28.8. The number of sulfonamides is 1. The summed E-state index contributed by atoms with van der Waals surface area (Å²) in [5.41, 5.74) is 2.04. The van der Waals surface area contributed by atoms with Gasteiger partial charge in [-0.25, -0.2) is 8.42 Å². The second-order valence-corrected chi connectivity index (χ2v) is 11.8. The molecule has 39 heavy (non-hydrogen) atoms. The summed E-state index contributed by atoms with van der Waals surface area (Å²) in [6, 6.07) is 21.3. The number of nitrogens with one attached hydrogen (secondary N) is 1. The standard InChI is InChI=1S/C30H36ClN3O4S/c1-5-23(4)32-30(36)28(6-2)33(20-24-10-8-7-9-11-24)29(35)21-34(26-16-14-25(31)15-17-26)39(37,38)27-18-12-22(3)13-19-27/h7-19,23,28H,5-6,20-21H2,1-4H3,(H,32,36)/t23-,28-/m1/s1. The van der Waals surface area contributed by atoms with Crippen molar-refractivity contribution in [3.8, 4) is 0 Å². The maximum atomic E-state index is 14.0. The zero-order valence-corrected chi connectivity index (χ0v) is 24.4. The number of rotatable bonds is 12. The van der Waals surface area contributed by atoms with Crippen LogP contribution >= 0.6 is 11.6 Å². The average Bonchev–Trinajstić information content (AvgIpc) is 2.92. The molecule has 3 aromatic rings. The number of hydrogen-bond donors (Lipinski definition) is 1. The summed E-state index contributed by atoms with van der Waals surface area (Å²) in [6.45, 7) is 7.26. The lowest BCUT2D eigenvalue weighted by Crippen LogP contribution is -2.53. The third-order valence-corrected chi connectivity index (χ3v) is 8.63. The quantitative estimate of drug-likeness (QED) is 0.309. The molecule has 3 rings (SSSR count). The Balaban J connectivity index is 2.04. The molecule has 7 nitrogen and oxygen atoms in total. The minimum atomic E-state index is -4.12. The van der Waals surface area contributed by atoms with Gasteiger partial charge in [0.1, 0.15) is 12.6 Å². The molecule has 0 bridgehead atoms. The van der Waals surface area contributed by atoms with E-state index in [9.17, 15) is 18.0 Å². The molecule has 0 aromatic heterocycles. The number of benzene rings is 3. The first-order valence-electron chi connectivity index (χ1n) is 13.1. The van der Waals surface area contributed by atoms with Gasteiger partial charge in [0.15, 0.2) is 0 Å². The summed E-state index contributed by atoms with van der Waals surface area (Å²) in [6.07, 6.45) is 1.11. The molecular weight excluding hydrogens is 534 g/mol. The molecule has 3 aromatic carbocycles. The van der Waals surface area contributed by atoms with Gasteiger partial charge in [-0.2, -0.15) is 0 Å². The topological polar surface area (TPSA) is 86.8 Å². The fourth-order valence-corrected chi connectivity index (χ4v) is 5.65. The van der Waals surface area contributed by atoms with Gasteiger partial charge in [0.25, 0.3) is 10.0 Å². The maximum Gasteiger partial charge on any atom is 0.264 e. The predicted molar refractivity (Wildman–Crippen MR) is 156 cm³/mol. The van der Waals surface area contributed by atoms with E-state index >= 15 is 0 Å². The molecule has 0 saturated carbocycles. The van der Waals surface area contributed by atoms with Crippen LogP contribution in [-0.4, -0.2) is 43.8 Å². The zero-order valence-electron chi connectivity index (χ0n) is 22.8. The predicted octanol–water partition coefficient (Wildman–Crippen LogP) is 5.57. The van der Waals surface area contributed by atoms with Crippen molar-refractivity contribution in [3.63, 3.8) is 0 Å². The molecule has 0 saturated heterocycles. The van der Waals surface area contributed by atoms with Gasteiger partial charge in [0.05, 0.1) is 10.6 Å². The van der Waals surface area contributed by atoms with Crippen molar-refractivity contribution in [2.75, 3.05) is 10.8 Å². The Morgan fingerprint density at radius 2 is 1.51 bits per heavy atom. The molecular formula is C30H36ClN3O4S. The molecule has 0 aliphatic heterocycles. The number of amides is 2. The van der Waals surface area contributed by atoms with Crippen LogP contribution in [0.15, 0.2) is 83.8 Å². The van der Waals surface area contributed by atoms with E-state index in [1.807, 2.05) is 58.0 Å². The van der Waals surface area contributed by atoms with Gasteiger partial charge in [-0.3, -0.25) is 13.9 Å². The third-order valence-electron chi connectivity index (χ3n) is 6.59. The second kappa shape index (κ2) is 13.6. The number of hydrogen-bond acceptors (Lipinski definition) is 4. The van der Waals surface area contributed by atoms with Crippen LogP contribution in [0, 0.1) is 6.92 Å². The van der Waals surface area contributed by atoms with Gasteiger partial charge in [-0.15, -0.1) is 0 Å². The van der Waals surface area contributed by atoms with Crippen LogP contribution in [0.1, 0.15) is 44.7 Å². The Hall–Kier alpha value is -3.36. The van der Waals surface area contributed by atoms with Crippen LogP contribution in [0.25, 0.3) is 0 Å². The highest BCUT2D eigenvalue weighted by Crippen LogP contribution is 2.26. The van der Waals surface area contributed by atoms with Crippen molar-refractivity contribution in [1.82, 2.24) is 10.2 Å². The Kier molecular flexibility index (Phi) is 10.5. The number of anilines is 1. The first-order chi connectivity index (χ1) is 18.6. The van der Waals surface area contributed by atoms with Crippen molar-refractivity contribution >= 4 is 39.1 Å². The molecule has 0 radical (unpaired) electrons. The van der Waals surface area contributed by atoms with Crippen LogP contribution in [0.2, 0.25) is 5.02 Å². The minimum Gasteiger partial charge on any atom is -0.352 e. The molecule has 0 aliphatic rings. The summed E-state index contributed by atoms with van der Waals surface area (Å²) in [7, 11) is -4.12. The van der Waals surface area contributed by atoms with Gasteiger partial charge < -0.3 is 10.2 Å². The summed E-state index contributed by atoms with van der Waals surface area (Å²) in [4.78, 5) is 28.8. The maximum absolute atomic E-state index is 14.0. The van der Waals surface area contributed by atoms with Crippen molar-refractivity contribution in [2.45, 2.75) is 64.1 Å². The Labute approximate surface area is 236 Å². The molecule has 0 unspecified atom stereocenters. The Morgan fingerprint density at radius 1 is 0.897 bits per heavy atom. The molecule has 0 fully saturated rings.